The van der Waals surface area contributed by atoms with Gasteiger partial charge in [-0.1, -0.05) is 24.3 Å². The number of rotatable bonds is 6. The van der Waals surface area contributed by atoms with Crippen molar-refractivity contribution in [2.45, 2.75) is 77.5 Å². The third kappa shape index (κ3) is 8.13. The Kier molecular flexibility index (Phi) is 9.96. The van der Waals surface area contributed by atoms with Crippen LogP contribution in [0.1, 0.15) is 65.9 Å². The molecule has 0 amide bonds. The van der Waals surface area contributed by atoms with E-state index in [1.807, 2.05) is 18.2 Å². The van der Waals surface area contributed by atoms with Gasteiger partial charge < -0.3 is 18.8 Å². The number of halogens is 7. The molecule has 0 saturated heterocycles. The molecule has 5 aromatic rings. The molecule has 13 heteroatoms. The lowest BCUT2D eigenvalue weighted by molar-refractivity contribution is -0.138. The minimum Gasteiger partial charge on any atom is -0.441 e. The maximum Gasteiger partial charge on any atom is 0.416 e. The number of aromatic nitrogens is 2. The van der Waals surface area contributed by atoms with Gasteiger partial charge in [0, 0.05) is 22.9 Å². The highest BCUT2D eigenvalue weighted by atomic mass is 35.5. The highest BCUT2D eigenvalue weighted by Gasteiger charge is 2.33. The van der Waals surface area contributed by atoms with Crippen molar-refractivity contribution in [3.63, 3.8) is 0 Å². The predicted molar refractivity (Wildman–Crippen MR) is 174 cm³/mol. The monoisotopic (exact) mass is 705 g/mol. The quantitative estimate of drug-likeness (QED) is 0.140. The Morgan fingerprint density at radius 1 is 0.776 bits per heavy atom. The van der Waals surface area contributed by atoms with Gasteiger partial charge in [-0.15, -0.1) is 11.6 Å². The second kappa shape index (κ2) is 13.5. The smallest absolute Gasteiger partial charge is 0.416 e. The average Bonchev–Trinajstić information content (AvgIpc) is 3.70. The molecular formula is C36H34ClF6N3O3. The van der Waals surface area contributed by atoms with Crippen molar-refractivity contribution in [1.82, 2.24) is 9.97 Å². The van der Waals surface area contributed by atoms with Crippen LogP contribution in [0.25, 0.3) is 22.9 Å². The summed E-state index contributed by atoms with van der Waals surface area (Å²) < 4.78 is 87.9. The van der Waals surface area contributed by atoms with Gasteiger partial charge in [0.15, 0.2) is 0 Å². The lowest BCUT2D eigenvalue weighted by atomic mass is 9.95. The summed E-state index contributed by atoms with van der Waals surface area (Å²) in [6, 6.07) is 16.0. The number of hydrogen-bond acceptors (Lipinski definition) is 6. The fraction of sp³-hybridized carbons (Fsp3) is 0.333. The van der Waals surface area contributed by atoms with E-state index in [2.05, 4.69) is 21.8 Å². The molecule has 6 rings (SSSR count). The van der Waals surface area contributed by atoms with Crippen molar-refractivity contribution in [3.8, 4) is 22.9 Å². The Labute approximate surface area is 284 Å². The van der Waals surface area contributed by atoms with E-state index in [1.54, 1.807) is 33.8 Å². The van der Waals surface area contributed by atoms with Crippen LogP contribution >= 0.6 is 11.6 Å². The summed E-state index contributed by atoms with van der Waals surface area (Å²) in [5, 5.41) is 10.3. The van der Waals surface area contributed by atoms with Gasteiger partial charge in [-0.25, -0.2) is 9.97 Å². The third-order valence-corrected chi connectivity index (χ3v) is 8.50. The van der Waals surface area contributed by atoms with Gasteiger partial charge in [0.2, 0.25) is 11.8 Å². The number of nitrogens with zero attached hydrogens (tertiary/aromatic N) is 3. The molecule has 0 spiro atoms. The maximum absolute atomic E-state index is 13.1. The van der Waals surface area contributed by atoms with Crippen LogP contribution < -0.4 is 4.90 Å². The van der Waals surface area contributed by atoms with E-state index >= 15 is 0 Å². The van der Waals surface area contributed by atoms with E-state index in [4.69, 9.17) is 20.4 Å². The zero-order valence-electron chi connectivity index (χ0n) is 27.3. The molecule has 1 aliphatic rings. The van der Waals surface area contributed by atoms with Crippen molar-refractivity contribution in [3.05, 3.63) is 112 Å². The number of fused-ring (bicyclic) bond motifs is 1. The van der Waals surface area contributed by atoms with Crippen molar-refractivity contribution in [2.75, 3.05) is 4.90 Å². The Morgan fingerprint density at radius 3 is 1.76 bits per heavy atom. The number of alkyl halides is 7. The van der Waals surface area contributed by atoms with E-state index in [1.165, 1.54) is 18.2 Å². The van der Waals surface area contributed by atoms with Gasteiger partial charge in [0.05, 0.1) is 34.8 Å². The lowest BCUT2D eigenvalue weighted by Gasteiger charge is -2.24. The zero-order chi connectivity index (χ0) is 35.9. The minimum absolute atomic E-state index is 0.147. The topological polar surface area (TPSA) is 75.5 Å². The minimum atomic E-state index is -4.42. The standard InChI is InChI=1S/C24H25F3N2O2.C12H9ClF3NO/c1-14-10-17-12-18(23(3,4)30)8-9-21(17)29(14)13-20-15(2)31-22(28-20)16-6-5-7-19(11-16)24(25,26)27;1-7-10(6-13)17-11(18-7)8-3-2-4-9(5-8)12(14,15)16/h5-9,11-12,14,30H,10,13H2,1-4H3;2-5H,6H2,1H3. The van der Waals surface area contributed by atoms with Crippen LogP contribution in [0.4, 0.5) is 32.0 Å². The molecule has 0 bridgehead atoms. The number of aliphatic hydroxyl groups is 1. The number of aryl methyl sites for hydroxylation is 2. The zero-order valence-corrected chi connectivity index (χ0v) is 28.1. The molecule has 0 fully saturated rings. The largest absolute Gasteiger partial charge is 0.441 e. The normalized spacial score (nSPS) is 14.9. The fourth-order valence-electron chi connectivity index (χ4n) is 5.51. The number of benzene rings is 3. The van der Waals surface area contributed by atoms with Crippen molar-refractivity contribution < 1.29 is 40.3 Å². The Morgan fingerprint density at radius 2 is 1.29 bits per heavy atom. The molecule has 3 aromatic carbocycles. The van der Waals surface area contributed by atoms with Gasteiger partial charge >= 0.3 is 12.4 Å². The van der Waals surface area contributed by atoms with Crippen molar-refractivity contribution in [1.29, 1.82) is 0 Å². The Balaban J connectivity index is 0.000000221. The second-order valence-electron chi connectivity index (χ2n) is 12.4. The maximum atomic E-state index is 13.1. The van der Waals surface area contributed by atoms with E-state index in [9.17, 15) is 31.4 Å². The first-order chi connectivity index (χ1) is 22.8. The van der Waals surface area contributed by atoms with Crippen LogP contribution in [0.2, 0.25) is 0 Å². The molecule has 0 aliphatic carbocycles. The number of oxazole rings is 2. The van der Waals surface area contributed by atoms with Crippen LogP contribution in [0, 0.1) is 13.8 Å². The van der Waals surface area contributed by atoms with Crippen LogP contribution in [0.3, 0.4) is 0 Å². The molecule has 3 heterocycles. The third-order valence-electron chi connectivity index (χ3n) is 8.25. The van der Waals surface area contributed by atoms with Gasteiger partial charge in [-0.3, -0.25) is 0 Å². The van der Waals surface area contributed by atoms with E-state index in [0.29, 0.717) is 35.0 Å². The van der Waals surface area contributed by atoms with Gasteiger partial charge in [0.25, 0.3) is 0 Å². The van der Waals surface area contributed by atoms with Gasteiger partial charge in [-0.05, 0) is 94.6 Å². The van der Waals surface area contributed by atoms with E-state index < -0.39 is 29.1 Å². The summed E-state index contributed by atoms with van der Waals surface area (Å²) in [5.74, 6) is 1.59. The molecule has 0 radical (unpaired) electrons. The summed E-state index contributed by atoms with van der Waals surface area (Å²) in [6.45, 7) is 9.58. The van der Waals surface area contributed by atoms with Crippen molar-refractivity contribution >= 4 is 17.3 Å². The molecule has 1 atom stereocenters. The molecular weight excluding hydrogens is 672 g/mol. The Hall–Kier alpha value is -4.29. The summed E-state index contributed by atoms with van der Waals surface area (Å²) in [6.07, 6.45) is -7.96. The first-order valence-electron chi connectivity index (χ1n) is 15.3. The first-order valence-corrected chi connectivity index (χ1v) is 15.8. The predicted octanol–water partition coefficient (Wildman–Crippen LogP) is 10.3. The highest BCUT2D eigenvalue weighted by Crippen LogP contribution is 2.38. The molecule has 0 saturated carbocycles. The first kappa shape index (κ1) is 36.0. The lowest BCUT2D eigenvalue weighted by Crippen LogP contribution is -2.29. The number of anilines is 1. The molecule has 6 nitrogen and oxygen atoms in total. The molecule has 260 valence electrons. The summed E-state index contributed by atoms with van der Waals surface area (Å²) in [4.78, 5) is 10.8. The highest BCUT2D eigenvalue weighted by molar-refractivity contribution is 6.17. The van der Waals surface area contributed by atoms with Gasteiger partial charge in [-0.2, -0.15) is 26.3 Å². The van der Waals surface area contributed by atoms with Crippen LogP contribution in [0.5, 0.6) is 0 Å². The summed E-state index contributed by atoms with van der Waals surface area (Å²) in [5.41, 5.74) is 2.53. The fourth-order valence-corrected chi connectivity index (χ4v) is 5.76. The van der Waals surface area contributed by atoms with Crippen LogP contribution in [-0.4, -0.2) is 21.1 Å². The van der Waals surface area contributed by atoms with Crippen LogP contribution in [0.15, 0.2) is 75.6 Å². The Bertz CT molecular complexity index is 1940. The van der Waals surface area contributed by atoms with E-state index in [-0.39, 0.29) is 29.3 Å². The second-order valence-corrected chi connectivity index (χ2v) is 12.7. The SMILES string of the molecule is Cc1oc(-c2cccc(C(F)(F)F)c2)nc1CCl.Cc1oc(-c2cccc(C(F)(F)F)c2)nc1CN1c2ccc(C(C)(C)O)cc2CC1C. The molecule has 1 aliphatic heterocycles. The molecule has 1 N–H and O–H groups in total. The molecule has 1 unspecified atom stereocenters. The molecule has 49 heavy (non-hydrogen) atoms. The average molecular weight is 706 g/mol. The summed E-state index contributed by atoms with van der Waals surface area (Å²) in [7, 11) is 0. The summed E-state index contributed by atoms with van der Waals surface area (Å²) >= 11 is 5.63. The van der Waals surface area contributed by atoms with Crippen LogP contribution in [-0.2, 0) is 36.8 Å². The molecule has 2 aromatic heterocycles. The van der Waals surface area contributed by atoms with Gasteiger partial charge in [0.1, 0.15) is 17.2 Å². The number of hydrogen-bond donors (Lipinski definition) is 1. The van der Waals surface area contributed by atoms with Crippen molar-refractivity contribution in [2.24, 2.45) is 0 Å². The van der Waals surface area contributed by atoms with E-state index in [0.717, 1.165) is 47.5 Å².